The van der Waals surface area contributed by atoms with Crippen LogP contribution in [0, 0.1) is 0 Å². The van der Waals surface area contributed by atoms with Gasteiger partial charge in [0.05, 0.1) is 13.0 Å². The number of nitrogens with one attached hydrogen (secondary N) is 2. The number of hydrogen-bond acceptors (Lipinski definition) is 5. The van der Waals surface area contributed by atoms with Crippen LogP contribution >= 0.6 is 0 Å². The van der Waals surface area contributed by atoms with Crippen molar-refractivity contribution in [2.45, 2.75) is 12.5 Å². The van der Waals surface area contributed by atoms with E-state index in [0.717, 1.165) is 0 Å². The van der Waals surface area contributed by atoms with E-state index < -0.39 is 24.0 Å². The number of urea groups is 1. The minimum atomic E-state index is -1.22. The number of esters is 1. The standard InChI is InChI=1S/C19H20N2O5/c1-20-19(24)21-18(23)17(14-8-4-2-5-9-14)26-16(22)12-13-25-15-10-6-3-7-11-15/h2-11,17H,12-13H2,1H3,(H2,20,21,23,24)/t17-/m0/s1. The van der Waals surface area contributed by atoms with Gasteiger partial charge in [0.2, 0.25) is 6.10 Å². The molecule has 2 rings (SSSR count). The SMILES string of the molecule is CNC(=O)NC(=O)[C@@H](OC(=O)CCOc1ccccc1)c1ccccc1. The van der Waals surface area contributed by atoms with Crippen molar-refractivity contribution in [3.63, 3.8) is 0 Å². The second-order valence-corrected chi connectivity index (χ2v) is 5.26. The Hall–Kier alpha value is -3.35. The molecule has 0 radical (unpaired) electrons. The van der Waals surface area contributed by atoms with E-state index in [0.29, 0.717) is 11.3 Å². The Morgan fingerprint density at radius 2 is 1.58 bits per heavy atom. The van der Waals surface area contributed by atoms with Crippen molar-refractivity contribution < 1.29 is 23.9 Å². The molecule has 7 heteroatoms. The zero-order chi connectivity index (χ0) is 18.8. The van der Waals surface area contributed by atoms with E-state index in [1.807, 2.05) is 18.2 Å². The summed E-state index contributed by atoms with van der Waals surface area (Å²) in [6.07, 6.45) is -1.26. The summed E-state index contributed by atoms with van der Waals surface area (Å²) >= 11 is 0. The maximum absolute atomic E-state index is 12.3. The summed E-state index contributed by atoms with van der Waals surface area (Å²) in [5.41, 5.74) is 0.464. The minimum Gasteiger partial charge on any atom is -0.493 e. The molecule has 1 atom stereocenters. The van der Waals surface area contributed by atoms with E-state index in [1.54, 1.807) is 42.5 Å². The first-order valence-electron chi connectivity index (χ1n) is 8.05. The van der Waals surface area contributed by atoms with Gasteiger partial charge in [-0.3, -0.25) is 14.9 Å². The molecule has 0 fully saturated rings. The number of amides is 3. The second-order valence-electron chi connectivity index (χ2n) is 5.26. The Morgan fingerprint density at radius 3 is 2.19 bits per heavy atom. The summed E-state index contributed by atoms with van der Waals surface area (Å²) in [6.45, 7) is 0.113. The Kier molecular flexibility index (Phi) is 7.17. The number of para-hydroxylation sites is 1. The van der Waals surface area contributed by atoms with Crippen LogP contribution in [-0.2, 0) is 14.3 Å². The molecule has 0 heterocycles. The van der Waals surface area contributed by atoms with Gasteiger partial charge in [-0.25, -0.2) is 4.79 Å². The molecule has 0 aliphatic heterocycles. The maximum Gasteiger partial charge on any atom is 0.321 e. The van der Waals surface area contributed by atoms with Crippen LogP contribution in [0.15, 0.2) is 60.7 Å². The molecule has 2 aromatic rings. The van der Waals surface area contributed by atoms with Crippen molar-refractivity contribution in [2.75, 3.05) is 13.7 Å². The number of ether oxygens (including phenoxy) is 2. The molecule has 0 aliphatic rings. The van der Waals surface area contributed by atoms with Gasteiger partial charge in [-0.1, -0.05) is 48.5 Å². The fraction of sp³-hybridized carbons (Fsp3) is 0.211. The molecule has 2 N–H and O–H groups in total. The average molecular weight is 356 g/mol. The predicted molar refractivity (Wildman–Crippen MR) is 94.4 cm³/mol. The summed E-state index contributed by atoms with van der Waals surface area (Å²) in [7, 11) is 1.38. The Morgan fingerprint density at radius 1 is 0.962 bits per heavy atom. The average Bonchev–Trinajstić information content (AvgIpc) is 2.67. The fourth-order valence-electron chi connectivity index (χ4n) is 2.10. The summed E-state index contributed by atoms with van der Waals surface area (Å²) in [6, 6.07) is 16.8. The van der Waals surface area contributed by atoms with Gasteiger partial charge in [-0.2, -0.15) is 0 Å². The first kappa shape index (κ1) is 19.0. The van der Waals surface area contributed by atoms with Crippen molar-refractivity contribution in [3.05, 3.63) is 66.2 Å². The highest BCUT2D eigenvalue weighted by atomic mass is 16.6. The quantitative estimate of drug-likeness (QED) is 0.742. The van der Waals surface area contributed by atoms with E-state index in [1.165, 1.54) is 7.05 Å². The van der Waals surface area contributed by atoms with Crippen LogP contribution in [0.1, 0.15) is 18.1 Å². The lowest BCUT2D eigenvalue weighted by Gasteiger charge is -2.17. The van der Waals surface area contributed by atoms with Crippen molar-refractivity contribution >= 4 is 17.9 Å². The number of carbonyl (C=O) groups is 3. The Balaban J connectivity index is 1.95. The largest absolute Gasteiger partial charge is 0.493 e. The van der Waals surface area contributed by atoms with Gasteiger partial charge in [0.1, 0.15) is 5.75 Å². The number of imide groups is 1. The zero-order valence-electron chi connectivity index (χ0n) is 14.3. The number of hydrogen-bond donors (Lipinski definition) is 2. The predicted octanol–water partition coefficient (Wildman–Crippen LogP) is 2.20. The van der Waals surface area contributed by atoms with Crippen molar-refractivity contribution in [1.29, 1.82) is 0 Å². The number of benzene rings is 2. The monoisotopic (exact) mass is 356 g/mol. The first-order chi connectivity index (χ1) is 12.6. The van der Waals surface area contributed by atoms with Crippen LogP contribution in [0.2, 0.25) is 0 Å². The highest BCUT2D eigenvalue weighted by molar-refractivity contribution is 5.97. The van der Waals surface area contributed by atoms with Gasteiger partial charge in [-0.05, 0) is 12.1 Å². The molecule has 0 unspecified atom stereocenters. The summed E-state index contributed by atoms with van der Waals surface area (Å²) in [5.74, 6) is -0.702. The normalized spacial score (nSPS) is 11.1. The lowest BCUT2D eigenvalue weighted by molar-refractivity contribution is -0.156. The van der Waals surface area contributed by atoms with E-state index in [9.17, 15) is 14.4 Å². The minimum absolute atomic E-state index is 0.0362. The third-order valence-electron chi connectivity index (χ3n) is 3.37. The van der Waals surface area contributed by atoms with Gasteiger partial charge in [0.15, 0.2) is 0 Å². The smallest absolute Gasteiger partial charge is 0.321 e. The van der Waals surface area contributed by atoms with Crippen LogP contribution in [0.25, 0.3) is 0 Å². The molecule has 7 nitrogen and oxygen atoms in total. The summed E-state index contributed by atoms with van der Waals surface area (Å²) < 4.78 is 10.7. The van der Waals surface area contributed by atoms with Gasteiger partial charge in [0.25, 0.3) is 5.91 Å². The lowest BCUT2D eigenvalue weighted by atomic mass is 10.1. The molecule has 0 bridgehead atoms. The number of rotatable bonds is 7. The Bertz CT molecular complexity index is 734. The molecule has 26 heavy (non-hydrogen) atoms. The van der Waals surface area contributed by atoms with Crippen LogP contribution in [-0.4, -0.2) is 31.6 Å². The highest BCUT2D eigenvalue weighted by Gasteiger charge is 2.26. The van der Waals surface area contributed by atoms with Crippen LogP contribution in [0.3, 0.4) is 0 Å². The molecule has 3 amide bonds. The molecule has 136 valence electrons. The molecule has 2 aromatic carbocycles. The lowest BCUT2D eigenvalue weighted by Crippen LogP contribution is -2.41. The highest BCUT2D eigenvalue weighted by Crippen LogP contribution is 2.18. The Labute approximate surface area is 151 Å². The van der Waals surface area contributed by atoms with E-state index in [2.05, 4.69) is 10.6 Å². The third-order valence-corrected chi connectivity index (χ3v) is 3.37. The maximum atomic E-state index is 12.3. The van der Waals surface area contributed by atoms with Crippen molar-refractivity contribution in [1.82, 2.24) is 10.6 Å². The summed E-state index contributed by atoms with van der Waals surface area (Å²) in [5, 5.41) is 4.39. The molecule has 0 aliphatic carbocycles. The van der Waals surface area contributed by atoms with Gasteiger partial charge in [-0.15, -0.1) is 0 Å². The third kappa shape index (κ3) is 5.94. The topological polar surface area (TPSA) is 93.7 Å². The van der Waals surface area contributed by atoms with Crippen LogP contribution in [0.5, 0.6) is 5.75 Å². The van der Waals surface area contributed by atoms with E-state index in [-0.39, 0.29) is 13.0 Å². The zero-order valence-corrected chi connectivity index (χ0v) is 14.3. The first-order valence-corrected chi connectivity index (χ1v) is 8.05. The molecular weight excluding hydrogens is 336 g/mol. The summed E-state index contributed by atoms with van der Waals surface area (Å²) in [4.78, 5) is 35.7. The molecular formula is C19H20N2O5. The second kappa shape index (κ2) is 9.83. The van der Waals surface area contributed by atoms with Crippen LogP contribution < -0.4 is 15.4 Å². The van der Waals surface area contributed by atoms with Crippen LogP contribution in [0.4, 0.5) is 4.79 Å². The molecule has 0 aromatic heterocycles. The van der Waals surface area contributed by atoms with Gasteiger partial charge < -0.3 is 14.8 Å². The van der Waals surface area contributed by atoms with Gasteiger partial charge >= 0.3 is 12.0 Å². The molecule has 0 saturated carbocycles. The van der Waals surface area contributed by atoms with E-state index >= 15 is 0 Å². The molecule has 0 saturated heterocycles. The molecule has 0 spiro atoms. The fourth-order valence-corrected chi connectivity index (χ4v) is 2.10. The van der Waals surface area contributed by atoms with Crippen molar-refractivity contribution in [3.8, 4) is 5.75 Å². The van der Waals surface area contributed by atoms with Gasteiger partial charge in [0, 0.05) is 12.6 Å². The van der Waals surface area contributed by atoms with Crippen molar-refractivity contribution in [2.24, 2.45) is 0 Å². The number of carbonyl (C=O) groups excluding carboxylic acids is 3. The van der Waals surface area contributed by atoms with E-state index in [4.69, 9.17) is 9.47 Å².